The molecule has 2 unspecified atom stereocenters. The van der Waals surface area contributed by atoms with E-state index < -0.39 is 46.8 Å². The zero-order valence-electron chi connectivity index (χ0n) is 11.0. The molecule has 0 aromatic heterocycles. The third-order valence-corrected chi connectivity index (χ3v) is 3.38. The summed E-state index contributed by atoms with van der Waals surface area (Å²) < 4.78 is 18.8. The lowest BCUT2D eigenvalue weighted by Gasteiger charge is -2.34. The maximum Gasteiger partial charge on any atom is 0.307 e. The van der Waals surface area contributed by atoms with Crippen LogP contribution in [0.1, 0.15) is 20.8 Å². The molecular weight excluding hydrogens is 279 g/mol. The van der Waals surface area contributed by atoms with Crippen LogP contribution in [-0.4, -0.2) is 67.2 Å². The molecule has 0 bridgehead atoms. The molecule has 20 heavy (non-hydrogen) atoms. The number of hydrogen-bond donors (Lipinski definition) is 4. The Bertz CT molecular complexity index is 475. The van der Waals surface area contributed by atoms with Gasteiger partial charge in [0, 0.05) is 6.92 Å². The van der Waals surface area contributed by atoms with Gasteiger partial charge in [-0.25, -0.2) is 4.39 Å². The normalized spacial score (nSPS) is 42.3. The lowest BCUT2D eigenvalue weighted by atomic mass is 9.80. The van der Waals surface area contributed by atoms with E-state index in [0.717, 1.165) is 6.92 Å². The second kappa shape index (κ2) is 4.64. The molecule has 1 aliphatic rings. The molecule has 0 amide bonds. The first-order valence-corrected chi connectivity index (χ1v) is 5.58. The van der Waals surface area contributed by atoms with Gasteiger partial charge in [-0.15, -0.1) is 0 Å². The molecular formula is C11H15FO8. The molecule has 1 heterocycles. The van der Waals surface area contributed by atoms with Gasteiger partial charge < -0.3 is 25.2 Å². The molecule has 9 heteroatoms. The number of hydrogen-bond acceptors (Lipinski definition) is 8. The van der Waals surface area contributed by atoms with Gasteiger partial charge in [0.2, 0.25) is 5.60 Å². The van der Waals surface area contributed by atoms with Crippen molar-refractivity contribution in [3.05, 3.63) is 0 Å². The molecule has 0 aromatic rings. The van der Waals surface area contributed by atoms with E-state index in [2.05, 4.69) is 4.74 Å². The summed E-state index contributed by atoms with van der Waals surface area (Å²) in [5.41, 5.74) is -3.49. The summed E-state index contributed by atoms with van der Waals surface area (Å²) in [4.78, 5) is 33.8. The van der Waals surface area contributed by atoms with Crippen LogP contribution in [-0.2, 0) is 19.1 Å². The first kappa shape index (κ1) is 16.8. The molecule has 0 radical (unpaired) electrons. The number of carbonyl (C=O) groups is 3. The Kier molecular flexibility index (Phi) is 3.89. The fourth-order valence-electron chi connectivity index (χ4n) is 2.05. The van der Waals surface area contributed by atoms with Gasteiger partial charge in [-0.2, -0.15) is 0 Å². The number of rotatable bonds is 4. The van der Waals surface area contributed by atoms with E-state index in [9.17, 15) is 39.2 Å². The molecule has 0 spiro atoms. The summed E-state index contributed by atoms with van der Waals surface area (Å²) in [5, 5.41) is 39.0. The van der Waals surface area contributed by atoms with E-state index in [0.29, 0.717) is 13.8 Å². The minimum Gasteiger partial charge on any atom is -0.382 e. The van der Waals surface area contributed by atoms with Gasteiger partial charge in [-0.05, 0) is 13.8 Å². The first-order valence-electron chi connectivity index (χ1n) is 5.58. The van der Waals surface area contributed by atoms with Crippen molar-refractivity contribution in [3.63, 3.8) is 0 Å². The van der Waals surface area contributed by atoms with Crippen LogP contribution in [0, 0.1) is 0 Å². The monoisotopic (exact) mass is 294 g/mol. The van der Waals surface area contributed by atoms with Crippen LogP contribution < -0.4 is 0 Å². The molecule has 1 aliphatic heterocycles. The van der Waals surface area contributed by atoms with Crippen LogP contribution in [0.2, 0.25) is 0 Å². The number of ether oxygens (including phenoxy) is 1. The fourth-order valence-corrected chi connectivity index (χ4v) is 2.05. The summed E-state index contributed by atoms with van der Waals surface area (Å²) in [7, 11) is 0. The van der Waals surface area contributed by atoms with Gasteiger partial charge in [-0.3, -0.25) is 14.4 Å². The standard InChI is InChI=1S/C11H15FO8/c1-4(13)7(16)8-9(17,5(2)14)11(12,19)10(18,20-8)6(3)15/h7-8,16-19H,1-3H3/t7?,8-,9-,10?,11-/m1/s1. The number of halogens is 1. The zero-order chi connectivity index (χ0) is 16.1. The summed E-state index contributed by atoms with van der Waals surface area (Å²) in [6, 6.07) is 0. The fraction of sp³-hybridized carbons (Fsp3) is 0.727. The highest BCUT2D eigenvalue weighted by Gasteiger charge is 2.80. The predicted octanol–water partition coefficient (Wildman–Crippen LogP) is -2.41. The maximum absolute atomic E-state index is 14.4. The molecule has 8 nitrogen and oxygen atoms in total. The van der Waals surface area contributed by atoms with Gasteiger partial charge in [0.15, 0.2) is 17.3 Å². The molecule has 0 aliphatic carbocycles. The molecule has 1 fully saturated rings. The van der Waals surface area contributed by atoms with Crippen LogP contribution in [0.15, 0.2) is 0 Å². The van der Waals surface area contributed by atoms with Gasteiger partial charge in [0.25, 0.3) is 5.79 Å². The molecule has 4 N–H and O–H groups in total. The van der Waals surface area contributed by atoms with Gasteiger partial charge >= 0.3 is 5.85 Å². The Labute approximate surface area is 112 Å². The van der Waals surface area contributed by atoms with E-state index in [1.807, 2.05) is 0 Å². The zero-order valence-corrected chi connectivity index (χ0v) is 11.0. The Morgan fingerprint density at radius 3 is 1.85 bits per heavy atom. The van der Waals surface area contributed by atoms with Crippen LogP contribution in [0.3, 0.4) is 0 Å². The number of aliphatic hydroxyl groups excluding tert-OH is 1. The highest BCUT2D eigenvalue weighted by molar-refractivity contribution is 5.94. The molecule has 1 saturated heterocycles. The Morgan fingerprint density at radius 2 is 1.55 bits per heavy atom. The van der Waals surface area contributed by atoms with Crippen molar-refractivity contribution in [2.24, 2.45) is 0 Å². The SMILES string of the molecule is CC(=O)C(O)[C@H]1OC(O)(C(C)=O)[C@@](O)(F)[C@@]1(O)C(C)=O. The van der Waals surface area contributed by atoms with E-state index in [1.165, 1.54) is 0 Å². The van der Waals surface area contributed by atoms with Gasteiger partial charge in [-0.1, -0.05) is 0 Å². The van der Waals surface area contributed by atoms with Crippen molar-refractivity contribution < 1.29 is 43.9 Å². The van der Waals surface area contributed by atoms with Crippen molar-refractivity contribution in [1.29, 1.82) is 0 Å². The lowest BCUT2D eigenvalue weighted by Crippen LogP contribution is -2.67. The van der Waals surface area contributed by atoms with Gasteiger partial charge in [0.05, 0.1) is 0 Å². The number of alkyl halides is 1. The highest BCUT2D eigenvalue weighted by atomic mass is 19.2. The third-order valence-electron chi connectivity index (χ3n) is 3.38. The van der Waals surface area contributed by atoms with Crippen LogP contribution >= 0.6 is 0 Å². The number of carbonyl (C=O) groups excluding carboxylic acids is 3. The van der Waals surface area contributed by atoms with E-state index >= 15 is 0 Å². The van der Waals surface area contributed by atoms with Gasteiger partial charge in [0.1, 0.15) is 12.2 Å². The highest BCUT2D eigenvalue weighted by Crippen LogP contribution is 2.48. The Hall–Kier alpha value is -1.26. The summed E-state index contributed by atoms with van der Waals surface area (Å²) in [6.45, 7) is 2.12. The maximum atomic E-state index is 14.4. The second-order valence-corrected chi connectivity index (χ2v) is 4.74. The summed E-state index contributed by atoms with van der Waals surface area (Å²) in [6.07, 6.45) is -4.58. The molecule has 0 aromatic carbocycles. The Morgan fingerprint density at radius 1 is 1.10 bits per heavy atom. The van der Waals surface area contributed by atoms with Crippen LogP contribution in [0.4, 0.5) is 4.39 Å². The quantitative estimate of drug-likeness (QED) is 0.449. The third kappa shape index (κ3) is 1.82. The average molecular weight is 294 g/mol. The minimum absolute atomic E-state index is 0.633. The number of Topliss-reactive ketones (excluding diaryl/α,β-unsaturated/α-hetero) is 3. The van der Waals surface area contributed by atoms with Crippen LogP contribution in [0.5, 0.6) is 0 Å². The Balaban J connectivity index is 3.53. The van der Waals surface area contributed by atoms with Crippen molar-refractivity contribution in [3.8, 4) is 0 Å². The summed E-state index contributed by atoms with van der Waals surface area (Å²) in [5.74, 6) is -11.8. The van der Waals surface area contributed by atoms with Crippen molar-refractivity contribution in [1.82, 2.24) is 0 Å². The smallest absolute Gasteiger partial charge is 0.307 e. The molecule has 0 saturated carbocycles. The molecule has 5 atom stereocenters. The van der Waals surface area contributed by atoms with Crippen molar-refractivity contribution >= 4 is 17.3 Å². The lowest BCUT2D eigenvalue weighted by molar-refractivity contribution is -0.303. The van der Waals surface area contributed by atoms with Crippen molar-refractivity contribution in [2.45, 2.75) is 50.2 Å². The van der Waals surface area contributed by atoms with Crippen molar-refractivity contribution in [2.75, 3.05) is 0 Å². The molecule has 114 valence electrons. The van der Waals surface area contributed by atoms with E-state index in [-0.39, 0.29) is 0 Å². The second-order valence-electron chi connectivity index (χ2n) is 4.74. The topological polar surface area (TPSA) is 141 Å². The average Bonchev–Trinajstić information content (AvgIpc) is 2.48. The van der Waals surface area contributed by atoms with E-state index in [4.69, 9.17) is 0 Å². The number of ketones is 3. The number of aliphatic hydroxyl groups is 4. The first-order chi connectivity index (χ1) is 8.84. The predicted molar refractivity (Wildman–Crippen MR) is 58.9 cm³/mol. The molecule has 1 rings (SSSR count). The largest absolute Gasteiger partial charge is 0.382 e. The van der Waals surface area contributed by atoms with E-state index in [1.54, 1.807) is 0 Å². The minimum atomic E-state index is -4.24. The summed E-state index contributed by atoms with van der Waals surface area (Å²) >= 11 is 0. The van der Waals surface area contributed by atoms with Crippen LogP contribution in [0.25, 0.3) is 0 Å².